The van der Waals surface area contributed by atoms with E-state index < -0.39 is 0 Å². The number of nitrogens with two attached hydrogens (primary N) is 1. The summed E-state index contributed by atoms with van der Waals surface area (Å²) in [6.45, 7) is 2.49. The normalized spacial score (nSPS) is 20.1. The van der Waals surface area contributed by atoms with Gasteiger partial charge in [-0.15, -0.1) is 0 Å². The molecule has 1 heterocycles. The van der Waals surface area contributed by atoms with Gasteiger partial charge in [-0.05, 0) is 12.1 Å². The Hall–Kier alpha value is -1.59. The Morgan fingerprint density at radius 3 is 2.90 bits per heavy atom. The van der Waals surface area contributed by atoms with Gasteiger partial charge in [0, 0.05) is 25.4 Å². The maximum absolute atomic E-state index is 12.0. The highest BCUT2D eigenvalue weighted by Crippen LogP contribution is 2.28. The molecule has 2 unspecified atom stereocenters. The first-order chi connectivity index (χ1) is 9.52. The van der Waals surface area contributed by atoms with Gasteiger partial charge >= 0.3 is 0 Å². The summed E-state index contributed by atoms with van der Waals surface area (Å²) in [5.74, 6) is -0.408. The molecule has 1 aliphatic heterocycles. The maximum atomic E-state index is 12.0. The summed E-state index contributed by atoms with van der Waals surface area (Å²) in [4.78, 5) is 25.5. The third-order valence-electron chi connectivity index (χ3n) is 3.42. The number of carbonyl (C=O) groups excluding carboxylic acids is 2. The number of hydrogen-bond donors (Lipinski definition) is 2. The first-order valence-corrected chi connectivity index (χ1v) is 6.96. The van der Waals surface area contributed by atoms with E-state index in [-0.39, 0.29) is 30.2 Å². The first-order valence-electron chi connectivity index (χ1n) is 6.58. The molecule has 2 amide bonds. The van der Waals surface area contributed by atoms with Gasteiger partial charge in [-0.2, -0.15) is 0 Å². The fourth-order valence-corrected chi connectivity index (χ4v) is 2.40. The number of anilines is 1. The molecule has 1 aromatic rings. The number of nitrogens with one attached hydrogen (secondary N) is 1. The summed E-state index contributed by atoms with van der Waals surface area (Å²) in [7, 11) is 0. The van der Waals surface area contributed by atoms with Crippen molar-refractivity contribution in [1.82, 2.24) is 5.32 Å². The molecule has 1 fully saturated rings. The Morgan fingerprint density at radius 1 is 1.55 bits per heavy atom. The molecule has 0 aliphatic carbocycles. The second-order valence-electron chi connectivity index (χ2n) is 5.00. The number of benzene rings is 1. The van der Waals surface area contributed by atoms with Crippen molar-refractivity contribution in [2.45, 2.75) is 19.4 Å². The number of carbonyl (C=O) groups is 2. The molecule has 2 rings (SSSR count). The molecule has 3 N–H and O–H groups in total. The zero-order valence-electron chi connectivity index (χ0n) is 11.3. The Labute approximate surface area is 123 Å². The summed E-state index contributed by atoms with van der Waals surface area (Å²) in [5.41, 5.74) is 6.14. The van der Waals surface area contributed by atoms with Gasteiger partial charge in [-0.1, -0.05) is 30.7 Å². The van der Waals surface area contributed by atoms with Gasteiger partial charge in [-0.25, -0.2) is 0 Å². The van der Waals surface area contributed by atoms with E-state index in [1.165, 1.54) is 0 Å². The van der Waals surface area contributed by atoms with E-state index in [2.05, 4.69) is 5.32 Å². The molecule has 1 saturated heterocycles. The van der Waals surface area contributed by atoms with Gasteiger partial charge in [0.25, 0.3) is 0 Å². The average molecular weight is 296 g/mol. The molecule has 20 heavy (non-hydrogen) atoms. The van der Waals surface area contributed by atoms with Gasteiger partial charge in [0.15, 0.2) is 0 Å². The molecule has 1 aliphatic rings. The lowest BCUT2D eigenvalue weighted by Gasteiger charge is -2.19. The number of para-hydroxylation sites is 1. The van der Waals surface area contributed by atoms with Crippen molar-refractivity contribution in [3.8, 4) is 0 Å². The van der Waals surface area contributed by atoms with Crippen LogP contribution < -0.4 is 16.0 Å². The molecule has 0 bridgehead atoms. The van der Waals surface area contributed by atoms with Crippen molar-refractivity contribution in [3.63, 3.8) is 0 Å². The molecular formula is C14H18ClN3O2. The second-order valence-corrected chi connectivity index (χ2v) is 5.41. The largest absolute Gasteiger partial charge is 0.351 e. The zero-order valence-corrected chi connectivity index (χ0v) is 12.1. The van der Waals surface area contributed by atoms with Crippen LogP contribution in [0.2, 0.25) is 5.02 Å². The summed E-state index contributed by atoms with van der Waals surface area (Å²) in [6.07, 6.45) is 0.286. The molecule has 0 aromatic heterocycles. The van der Waals surface area contributed by atoms with E-state index in [0.29, 0.717) is 23.8 Å². The van der Waals surface area contributed by atoms with Crippen LogP contribution in [0, 0.1) is 5.92 Å². The molecule has 108 valence electrons. The number of rotatable bonds is 4. The van der Waals surface area contributed by atoms with Gasteiger partial charge in [0.2, 0.25) is 11.8 Å². The van der Waals surface area contributed by atoms with E-state index >= 15 is 0 Å². The molecule has 0 spiro atoms. The van der Waals surface area contributed by atoms with Crippen LogP contribution in [0.1, 0.15) is 13.3 Å². The molecule has 1 aromatic carbocycles. The monoisotopic (exact) mass is 295 g/mol. The molecule has 0 radical (unpaired) electrons. The smallest absolute Gasteiger partial charge is 0.229 e. The lowest BCUT2D eigenvalue weighted by Crippen LogP contribution is -2.41. The van der Waals surface area contributed by atoms with E-state index in [4.69, 9.17) is 17.3 Å². The third-order valence-corrected chi connectivity index (χ3v) is 3.74. The van der Waals surface area contributed by atoms with Crippen molar-refractivity contribution < 1.29 is 9.59 Å². The quantitative estimate of drug-likeness (QED) is 0.875. The first kappa shape index (κ1) is 14.8. The van der Waals surface area contributed by atoms with E-state index in [1.54, 1.807) is 24.0 Å². The predicted octanol–water partition coefficient (Wildman–Crippen LogP) is 1.16. The Morgan fingerprint density at radius 2 is 2.25 bits per heavy atom. The highest BCUT2D eigenvalue weighted by Gasteiger charge is 2.32. The Balaban J connectivity index is 2.05. The SMILES string of the molecule is CC(CN)C(=O)NC1CC(=O)N(c2ccccc2Cl)C1. The predicted molar refractivity (Wildman–Crippen MR) is 78.6 cm³/mol. The highest BCUT2D eigenvalue weighted by atomic mass is 35.5. The molecular weight excluding hydrogens is 278 g/mol. The van der Waals surface area contributed by atoms with Crippen molar-refractivity contribution in [3.05, 3.63) is 29.3 Å². The molecule has 5 nitrogen and oxygen atoms in total. The van der Waals surface area contributed by atoms with Crippen LogP contribution in [0.25, 0.3) is 0 Å². The lowest BCUT2D eigenvalue weighted by atomic mass is 10.1. The second kappa shape index (κ2) is 6.24. The Bertz CT molecular complexity index is 521. The average Bonchev–Trinajstić information content (AvgIpc) is 2.79. The van der Waals surface area contributed by atoms with Crippen LogP contribution in [-0.2, 0) is 9.59 Å². The van der Waals surface area contributed by atoms with Gasteiger partial charge < -0.3 is 16.0 Å². The minimum Gasteiger partial charge on any atom is -0.351 e. The maximum Gasteiger partial charge on any atom is 0.229 e. The van der Waals surface area contributed by atoms with Crippen LogP contribution in [0.4, 0.5) is 5.69 Å². The Kier molecular flexibility index (Phi) is 4.62. The summed E-state index contributed by atoms with van der Waals surface area (Å²) < 4.78 is 0. The van der Waals surface area contributed by atoms with Crippen LogP contribution in [0.5, 0.6) is 0 Å². The minimum absolute atomic E-state index is 0.0381. The van der Waals surface area contributed by atoms with Crippen molar-refractivity contribution in [1.29, 1.82) is 0 Å². The van der Waals surface area contributed by atoms with Gasteiger partial charge in [0.05, 0.1) is 16.8 Å². The zero-order chi connectivity index (χ0) is 14.7. The number of halogens is 1. The summed E-state index contributed by atoms with van der Waals surface area (Å²) in [6, 6.07) is 6.99. The van der Waals surface area contributed by atoms with Crippen LogP contribution in [0.3, 0.4) is 0 Å². The highest BCUT2D eigenvalue weighted by molar-refractivity contribution is 6.33. The van der Waals surface area contributed by atoms with Gasteiger partial charge in [-0.3, -0.25) is 9.59 Å². The van der Waals surface area contributed by atoms with E-state index in [0.717, 1.165) is 0 Å². The standard InChI is InChI=1S/C14H18ClN3O2/c1-9(7-16)14(20)17-10-6-13(19)18(8-10)12-5-3-2-4-11(12)15/h2-5,9-10H,6-8,16H2,1H3,(H,17,20). The minimum atomic E-state index is -0.250. The van der Waals surface area contributed by atoms with Crippen molar-refractivity contribution >= 4 is 29.1 Å². The van der Waals surface area contributed by atoms with Crippen LogP contribution >= 0.6 is 11.6 Å². The van der Waals surface area contributed by atoms with Crippen molar-refractivity contribution in [2.24, 2.45) is 11.7 Å². The summed E-state index contributed by atoms with van der Waals surface area (Å²) in [5, 5.41) is 3.39. The number of amides is 2. The van der Waals surface area contributed by atoms with Crippen LogP contribution in [0.15, 0.2) is 24.3 Å². The molecule has 2 atom stereocenters. The number of nitrogens with zero attached hydrogens (tertiary/aromatic N) is 1. The molecule has 0 saturated carbocycles. The van der Waals surface area contributed by atoms with Gasteiger partial charge in [0.1, 0.15) is 0 Å². The third kappa shape index (κ3) is 3.11. The van der Waals surface area contributed by atoms with E-state index in [9.17, 15) is 9.59 Å². The lowest BCUT2D eigenvalue weighted by molar-refractivity contribution is -0.124. The molecule has 6 heteroatoms. The van der Waals surface area contributed by atoms with Crippen LogP contribution in [-0.4, -0.2) is 30.9 Å². The van der Waals surface area contributed by atoms with E-state index in [1.807, 2.05) is 12.1 Å². The fraction of sp³-hybridized carbons (Fsp3) is 0.429. The summed E-state index contributed by atoms with van der Waals surface area (Å²) >= 11 is 6.10. The number of hydrogen-bond acceptors (Lipinski definition) is 3. The fourth-order valence-electron chi connectivity index (χ4n) is 2.16. The van der Waals surface area contributed by atoms with Crippen molar-refractivity contribution in [2.75, 3.05) is 18.0 Å². The topological polar surface area (TPSA) is 75.4 Å².